The van der Waals surface area contributed by atoms with Crippen LogP contribution in [0.2, 0.25) is 0 Å². The molecule has 0 aliphatic heterocycles. The Morgan fingerprint density at radius 1 is 0.792 bits per heavy atom. The minimum Gasteiger partial charge on any atom is -0.395 e. The van der Waals surface area contributed by atoms with Crippen LogP contribution >= 0.6 is 7.82 Å². The van der Waals surface area contributed by atoms with Crippen molar-refractivity contribution in [1.29, 1.82) is 0 Å². The number of rotatable bonds is 6. The molecule has 2 aromatic rings. The van der Waals surface area contributed by atoms with Crippen molar-refractivity contribution in [3.63, 3.8) is 0 Å². The summed E-state index contributed by atoms with van der Waals surface area (Å²) in [4.78, 5) is 29.4. The summed E-state index contributed by atoms with van der Waals surface area (Å²) in [6.45, 7) is 0. The van der Waals surface area contributed by atoms with Gasteiger partial charge in [0.15, 0.2) is 0 Å². The van der Waals surface area contributed by atoms with Gasteiger partial charge in [0.25, 0.3) is 11.4 Å². The van der Waals surface area contributed by atoms with Crippen LogP contribution < -0.4 is 9.05 Å². The van der Waals surface area contributed by atoms with Crippen LogP contribution in [0.15, 0.2) is 48.5 Å². The van der Waals surface area contributed by atoms with Gasteiger partial charge in [-0.05, 0) is 24.3 Å². The van der Waals surface area contributed by atoms with Gasteiger partial charge in [-0.2, -0.15) is 0 Å². The zero-order valence-corrected chi connectivity index (χ0v) is 15.2. The topological polar surface area (TPSA) is 142 Å². The van der Waals surface area contributed by atoms with Gasteiger partial charge >= 0.3 is 7.82 Å². The number of nitro groups is 2. The number of phosphoric acid groups is 1. The molecule has 1 N–H and O–H groups in total. The maximum absolute atomic E-state index is 11.8. The van der Waals surface area contributed by atoms with Crippen molar-refractivity contribution in [3.05, 3.63) is 68.8 Å². The van der Waals surface area contributed by atoms with E-state index in [0.717, 1.165) is 48.5 Å². The number of hydrogen-bond donors (Lipinski definition) is 1. The van der Waals surface area contributed by atoms with Crippen LogP contribution in [0.3, 0.4) is 0 Å². The van der Waals surface area contributed by atoms with Crippen molar-refractivity contribution in [3.8, 4) is 11.5 Å². The average Bonchev–Trinajstić information content (AvgIpc) is 2.47. The summed E-state index contributed by atoms with van der Waals surface area (Å²) in [6, 6.07) is 8.95. The third-order valence-corrected chi connectivity index (χ3v) is 3.42. The van der Waals surface area contributed by atoms with E-state index in [9.17, 15) is 29.7 Å². The number of hydrogen-bond acceptors (Lipinski definition) is 7. The van der Waals surface area contributed by atoms with E-state index in [-0.39, 0.29) is 52.4 Å². The molecule has 0 saturated heterocycles. The Labute approximate surface area is 157 Å². The number of benzene rings is 2. The largest absolute Gasteiger partial charge is 0.584 e. The Hall–Kier alpha value is -1.97. The quantitative estimate of drug-likeness (QED) is 0.357. The fourth-order valence-electron chi connectivity index (χ4n) is 1.54. The first kappa shape index (κ1) is 20.1. The molecule has 1 radical (unpaired) electrons. The van der Waals surface area contributed by atoms with E-state index in [2.05, 4.69) is 0 Å². The van der Waals surface area contributed by atoms with Crippen molar-refractivity contribution in [1.82, 2.24) is 0 Å². The van der Waals surface area contributed by atoms with Gasteiger partial charge in [0.2, 0.25) is 0 Å². The Bertz CT molecular complexity index is 717. The SMILES string of the molecule is O=[N+]([O-])c1ccc(OP(=O)(O)Oc2ccc([N+](=O)[O-])cc2)cc1.[Na]. The molecule has 0 aliphatic carbocycles. The third kappa shape index (κ3) is 5.59. The molecule has 2 rings (SSSR count). The normalized spacial score (nSPS) is 10.4. The van der Waals surface area contributed by atoms with E-state index in [1.807, 2.05) is 0 Å². The van der Waals surface area contributed by atoms with E-state index in [0.29, 0.717) is 0 Å². The minimum absolute atomic E-state index is 0. The number of non-ortho nitro benzene ring substituents is 2. The molecule has 10 nitrogen and oxygen atoms in total. The second-order valence-corrected chi connectivity index (χ2v) is 5.46. The molecule has 0 saturated carbocycles. The van der Waals surface area contributed by atoms with Crippen molar-refractivity contribution in [2.24, 2.45) is 0 Å². The van der Waals surface area contributed by atoms with Gasteiger partial charge in [0, 0.05) is 53.8 Å². The van der Waals surface area contributed by atoms with Gasteiger partial charge in [-0.15, -0.1) is 0 Å². The zero-order valence-electron chi connectivity index (χ0n) is 12.3. The summed E-state index contributed by atoms with van der Waals surface area (Å²) in [5.41, 5.74) is -0.414. The summed E-state index contributed by atoms with van der Waals surface area (Å²) in [5.74, 6) is -0.216. The molecule has 24 heavy (non-hydrogen) atoms. The molecular formula is C12H9N2NaO8P. The van der Waals surface area contributed by atoms with Crippen molar-refractivity contribution < 1.29 is 28.4 Å². The van der Waals surface area contributed by atoms with Crippen molar-refractivity contribution in [2.75, 3.05) is 0 Å². The first-order chi connectivity index (χ1) is 10.8. The molecular weight excluding hydrogens is 354 g/mol. The van der Waals surface area contributed by atoms with Gasteiger partial charge < -0.3 is 9.05 Å². The molecule has 0 atom stereocenters. The van der Waals surface area contributed by atoms with Gasteiger partial charge in [-0.25, -0.2) is 4.57 Å². The smallest absolute Gasteiger partial charge is 0.395 e. The molecule has 0 unspecified atom stereocenters. The first-order valence-electron chi connectivity index (χ1n) is 5.98. The van der Waals surface area contributed by atoms with Gasteiger partial charge in [0.05, 0.1) is 9.85 Å². The van der Waals surface area contributed by atoms with E-state index in [4.69, 9.17) is 9.05 Å². The first-order valence-corrected chi connectivity index (χ1v) is 7.47. The Morgan fingerprint density at radius 2 is 1.08 bits per heavy atom. The molecule has 0 amide bonds. The Kier molecular flexibility index (Phi) is 6.88. The Morgan fingerprint density at radius 3 is 1.33 bits per heavy atom. The predicted molar refractivity (Wildman–Crippen MR) is 83.0 cm³/mol. The van der Waals surface area contributed by atoms with Crippen LogP contribution in [-0.2, 0) is 4.57 Å². The zero-order chi connectivity index (χ0) is 17.0. The van der Waals surface area contributed by atoms with E-state index in [1.165, 1.54) is 0 Å². The summed E-state index contributed by atoms with van der Waals surface area (Å²) in [6.07, 6.45) is 0. The van der Waals surface area contributed by atoms with E-state index >= 15 is 0 Å². The van der Waals surface area contributed by atoms with Crippen LogP contribution in [-0.4, -0.2) is 44.3 Å². The number of nitro benzene ring substituents is 2. The Balaban J connectivity index is 0.00000288. The van der Waals surface area contributed by atoms with E-state index in [1.54, 1.807) is 0 Å². The maximum Gasteiger partial charge on any atom is 0.584 e. The molecule has 0 heterocycles. The van der Waals surface area contributed by atoms with E-state index < -0.39 is 17.7 Å². The van der Waals surface area contributed by atoms with Crippen LogP contribution in [0.5, 0.6) is 11.5 Å². The fraction of sp³-hybridized carbons (Fsp3) is 0. The summed E-state index contributed by atoms with van der Waals surface area (Å²) >= 11 is 0. The van der Waals surface area contributed by atoms with Gasteiger partial charge in [0.1, 0.15) is 11.5 Å². The van der Waals surface area contributed by atoms with Gasteiger partial charge in [-0.3, -0.25) is 25.1 Å². The summed E-state index contributed by atoms with van der Waals surface area (Å²) in [7, 11) is -4.55. The minimum atomic E-state index is -4.55. The fourth-order valence-corrected chi connectivity index (χ4v) is 2.36. The molecule has 0 bridgehead atoms. The van der Waals surface area contributed by atoms with Crippen molar-refractivity contribution in [2.45, 2.75) is 0 Å². The monoisotopic (exact) mass is 363 g/mol. The number of nitrogens with zero attached hydrogens (tertiary/aromatic N) is 2. The van der Waals surface area contributed by atoms with Crippen LogP contribution in [0.25, 0.3) is 0 Å². The number of phosphoric ester groups is 1. The molecule has 2 aromatic carbocycles. The third-order valence-electron chi connectivity index (χ3n) is 2.54. The van der Waals surface area contributed by atoms with Crippen LogP contribution in [0.1, 0.15) is 0 Å². The van der Waals surface area contributed by atoms with Crippen molar-refractivity contribution >= 4 is 48.8 Å². The molecule has 12 heteroatoms. The summed E-state index contributed by atoms with van der Waals surface area (Å²) in [5, 5.41) is 21.0. The average molecular weight is 363 g/mol. The second-order valence-electron chi connectivity index (χ2n) is 4.15. The standard InChI is InChI=1S/C12H9N2O8P.Na/c15-13(16)9-1-5-11(6-2-9)21-23(19,20)22-12-7-3-10(4-8-12)14(17)18;/h1-8H,(H,19,20);. The molecule has 0 fully saturated rings. The molecule has 121 valence electrons. The van der Waals surface area contributed by atoms with Gasteiger partial charge in [-0.1, -0.05) is 0 Å². The molecule has 0 aliphatic rings. The maximum atomic E-state index is 11.8. The molecule has 0 spiro atoms. The predicted octanol–water partition coefficient (Wildman–Crippen LogP) is 2.68. The summed E-state index contributed by atoms with van der Waals surface area (Å²) < 4.78 is 21.3. The van der Waals surface area contributed by atoms with Crippen LogP contribution in [0, 0.1) is 20.2 Å². The molecule has 0 aromatic heterocycles. The second kappa shape index (κ2) is 8.22. The van der Waals surface area contributed by atoms with Crippen LogP contribution in [0.4, 0.5) is 11.4 Å².